The van der Waals surface area contributed by atoms with Gasteiger partial charge in [-0.1, -0.05) is 17.7 Å². The fourth-order valence-electron chi connectivity index (χ4n) is 2.69. The van der Waals surface area contributed by atoms with E-state index in [4.69, 9.17) is 25.8 Å². The lowest BCUT2D eigenvalue weighted by Crippen LogP contribution is -2.37. The second-order valence-electron chi connectivity index (χ2n) is 6.30. The Morgan fingerprint density at radius 1 is 1.12 bits per heavy atom. The Balaban J connectivity index is 1.62. The molecule has 2 unspecified atom stereocenters. The van der Waals surface area contributed by atoms with Crippen molar-refractivity contribution in [3.8, 4) is 17.2 Å². The molecule has 1 amide bonds. The molecule has 0 aromatic heterocycles. The van der Waals surface area contributed by atoms with Gasteiger partial charge in [0.05, 0.1) is 6.04 Å². The standard InChI is InChI=1S/C20H22ClNO4/c1-12-10-16(5-6-17(12)21)26-14(3)20(23)22-13(2)15-4-7-18-19(11-15)25-9-8-24-18/h4-7,10-11,13-14H,8-9H2,1-3H3,(H,22,23). The summed E-state index contributed by atoms with van der Waals surface area (Å²) in [5, 5.41) is 3.63. The van der Waals surface area contributed by atoms with E-state index < -0.39 is 6.10 Å². The number of ether oxygens (including phenoxy) is 3. The van der Waals surface area contributed by atoms with Crippen molar-refractivity contribution in [1.29, 1.82) is 0 Å². The van der Waals surface area contributed by atoms with E-state index in [2.05, 4.69) is 5.32 Å². The van der Waals surface area contributed by atoms with E-state index in [9.17, 15) is 4.79 Å². The van der Waals surface area contributed by atoms with Gasteiger partial charge in [0.15, 0.2) is 17.6 Å². The van der Waals surface area contributed by atoms with Crippen LogP contribution in [0.15, 0.2) is 36.4 Å². The summed E-state index contributed by atoms with van der Waals surface area (Å²) in [5.74, 6) is 1.85. The van der Waals surface area contributed by atoms with E-state index in [0.29, 0.717) is 29.7 Å². The third-order valence-corrected chi connectivity index (χ3v) is 4.66. The number of aryl methyl sites for hydroxylation is 1. The van der Waals surface area contributed by atoms with E-state index in [0.717, 1.165) is 16.9 Å². The zero-order valence-corrected chi connectivity index (χ0v) is 15.8. The molecule has 26 heavy (non-hydrogen) atoms. The van der Waals surface area contributed by atoms with Crippen molar-refractivity contribution in [1.82, 2.24) is 5.32 Å². The Morgan fingerprint density at radius 3 is 2.58 bits per heavy atom. The molecule has 3 rings (SSSR count). The predicted octanol–water partition coefficient (Wildman–Crippen LogP) is 4.06. The first-order chi connectivity index (χ1) is 12.4. The molecule has 0 aliphatic carbocycles. The van der Waals surface area contributed by atoms with Crippen LogP contribution in [0.3, 0.4) is 0 Å². The highest BCUT2D eigenvalue weighted by Crippen LogP contribution is 2.32. The van der Waals surface area contributed by atoms with Gasteiger partial charge in [-0.3, -0.25) is 4.79 Å². The topological polar surface area (TPSA) is 56.8 Å². The van der Waals surface area contributed by atoms with Crippen molar-refractivity contribution in [2.75, 3.05) is 13.2 Å². The fourth-order valence-corrected chi connectivity index (χ4v) is 2.81. The maximum atomic E-state index is 12.5. The molecule has 0 saturated carbocycles. The van der Waals surface area contributed by atoms with Crippen LogP contribution in [0.5, 0.6) is 17.2 Å². The van der Waals surface area contributed by atoms with Crippen LogP contribution in [0.1, 0.15) is 31.0 Å². The number of hydrogen-bond donors (Lipinski definition) is 1. The quantitative estimate of drug-likeness (QED) is 0.856. The summed E-state index contributed by atoms with van der Waals surface area (Å²) in [6.45, 7) is 6.61. The highest BCUT2D eigenvalue weighted by Gasteiger charge is 2.20. The van der Waals surface area contributed by atoms with Gasteiger partial charge in [-0.25, -0.2) is 0 Å². The lowest BCUT2D eigenvalue weighted by molar-refractivity contribution is -0.127. The fraction of sp³-hybridized carbons (Fsp3) is 0.350. The number of benzene rings is 2. The maximum Gasteiger partial charge on any atom is 0.261 e. The number of amides is 1. The summed E-state index contributed by atoms with van der Waals surface area (Å²) >= 11 is 6.01. The highest BCUT2D eigenvalue weighted by atomic mass is 35.5. The molecule has 6 heteroatoms. The van der Waals surface area contributed by atoms with Crippen LogP contribution in [0.2, 0.25) is 5.02 Å². The van der Waals surface area contributed by atoms with Crippen LogP contribution in [0, 0.1) is 6.92 Å². The average Bonchev–Trinajstić information content (AvgIpc) is 2.64. The second-order valence-corrected chi connectivity index (χ2v) is 6.71. The van der Waals surface area contributed by atoms with E-state index in [1.165, 1.54) is 0 Å². The molecule has 0 saturated heterocycles. The van der Waals surface area contributed by atoms with Crippen LogP contribution < -0.4 is 19.5 Å². The number of hydrogen-bond acceptors (Lipinski definition) is 4. The molecule has 1 aliphatic rings. The Labute approximate surface area is 158 Å². The van der Waals surface area contributed by atoms with E-state index in [1.807, 2.05) is 38.1 Å². The summed E-state index contributed by atoms with van der Waals surface area (Å²) < 4.78 is 16.8. The molecule has 138 valence electrons. The van der Waals surface area contributed by atoms with E-state index in [-0.39, 0.29) is 11.9 Å². The van der Waals surface area contributed by atoms with Gasteiger partial charge in [-0.05, 0) is 62.2 Å². The number of carbonyl (C=O) groups is 1. The van der Waals surface area contributed by atoms with Gasteiger partial charge in [-0.15, -0.1) is 0 Å². The van der Waals surface area contributed by atoms with Gasteiger partial charge < -0.3 is 19.5 Å². The Bertz CT molecular complexity index is 808. The van der Waals surface area contributed by atoms with Gasteiger partial charge >= 0.3 is 0 Å². The van der Waals surface area contributed by atoms with Gasteiger partial charge in [0.1, 0.15) is 19.0 Å². The maximum absolute atomic E-state index is 12.5. The number of halogens is 1. The zero-order valence-electron chi connectivity index (χ0n) is 15.0. The minimum Gasteiger partial charge on any atom is -0.486 e. The van der Waals surface area contributed by atoms with Crippen molar-refractivity contribution in [2.45, 2.75) is 32.9 Å². The minimum atomic E-state index is -0.629. The van der Waals surface area contributed by atoms with Crippen LogP contribution >= 0.6 is 11.6 Å². The Hall–Kier alpha value is -2.40. The van der Waals surface area contributed by atoms with E-state index in [1.54, 1.807) is 19.1 Å². The van der Waals surface area contributed by atoms with Crippen LogP contribution in [-0.4, -0.2) is 25.2 Å². The van der Waals surface area contributed by atoms with Crippen molar-refractivity contribution in [2.24, 2.45) is 0 Å². The molecule has 0 bridgehead atoms. The lowest BCUT2D eigenvalue weighted by atomic mass is 10.1. The Kier molecular flexibility index (Phi) is 5.57. The molecular formula is C20H22ClNO4. The molecule has 2 aromatic carbocycles. The van der Waals surface area contributed by atoms with Crippen molar-refractivity contribution in [3.63, 3.8) is 0 Å². The largest absolute Gasteiger partial charge is 0.486 e. The lowest BCUT2D eigenvalue weighted by Gasteiger charge is -2.22. The number of carbonyl (C=O) groups excluding carboxylic acids is 1. The smallest absolute Gasteiger partial charge is 0.261 e. The summed E-state index contributed by atoms with van der Waals surface area (Å²) in [6, 6.07) is 10.8. The predicted molar refractivity (Wildman–Crippen MR) is 100 cm³/mol. The molecule has 2 atom stereocenters. The minimum absolute atomic E-state index is 0.184. The third kappa shape index (κ3) is 4.22. The highest BCUT2D eigenvalue weighted by molar-refractivity contribution is 6.31. The van der Waals surface area contributed by atoms with Crippen LogP contribution in [-0.2, 0) is 4.79 Å². The summed E-state index contributed by atoms with van der Waals surface area (Å²) in [4.78, 5) is 12.5. The Morgan fingerprint density at radius 2 is 1.85 bits per heavy atom. The molecule has 1 N–H and O–H groups in total. The van der Waals surface area contributed by atoms with Crippen LogP contribution in [0.25, 0.3) is 0 Å². The summed E-state index contributed by atoms with van der Waals surface area (Å²) in [5.41, 5.74) is 1.85. The average molecular weight is 376 g/mol. The molecule has 0 spiro atoms. The van der Waals surface area contributed by atoms with Gasteiger partial charge in [0, 0.05) is 5.02 Å². The SMILES string of the molecule is Cc1cc(OC(C)C(=O)NC(C)c2ccc3c(c2)OCCO3)ccc1Cl. The number of rotatable bonds is 5. The van der Waals surface area contributed by atoms with Gasteiger partial charge in [0.25, 0.3) is 5.91 Å². The van der Waals surface area contributed by atoms with Crippen molar-refractivity contribution in [3.05, 3.63) is 52.5 Å². The third-order valence-electron chi connectivity index (χ3n) is 4.24. The first-order valence-electron chi connectivity index (χ1n) is 8.57. The molecular weight excluding hydrogens is 354 g/mol. The zero-order chi connectivity index (χ0) is 18.7. The van der Waals surface area contributed by atoms with Crippen LogP contribution in [0.4, 0.5) is 0 Å². The summed E-state index contributed by atoms with van der Waals surface area (Å²) in [6.07, 6.45) is -0.629. The first kappa shape index (κ1) is 18.4. The van der Waals surface area contributed by atoms with E-state index >= 15 is 0 Å². The van der Waals surface area contributed by atoms with Crippen molar-refractivity contribution < 1.29 is 19.0 Å². The number of nitrogens with one attached hydrogen (secondary N) is 1. The molecule has 0 fully saturated rings. The summed E-state index contributed by atoms with van der Waals surface area (Å²) in [7, 11) is 0. The van der Waals surface area contributed by atoms with Gasteiger partial charge in [0.2, 0.25) is 0 Å². The first-order valence-corrected chi connectivity index (χ1v) is 8.94. The monoisotopic (exact) mass is 375 g/mol. The second kappa shape index (κ2) is 7.87. The molecule has 1 heterocycles. The molecule has 1 aliphatic heterocycles. The van der Waals surface area contributed by atoms with Gasteiger partial charge in [-0.2, -0.15) is 0 Å². The normalized spacial score (nSPS) is 15.1. The number of fused-ring (bicyclic) bond motifs is 1. The molecule has 0 radical (unpaired) electrons. The molecule has 2 aromatic rings. The molecule has 5 nitrogen and oxygen atoms in total. The van der Waals surface area contributed by atoms with Crippen molar-refractivity contribution >= 4 is 17.5 Å².